The van der Waals surface area contributed by atoms with E-state index >= 15 is 0 Å². The van der Waals surface area contributed by atoms with Crippen molar-refractivity contribution in [2.24, 2.45) is 5.92 Å². The lowest BCUT2D eigenvalue weighted by Crippen LogP contribution is -2.35. The van der Waals surface area contributed by atoms with Gasteiger partial charge in [0.1, 0.15) is 5.82 Å². The van der Waals surface area contributed by atoms with Gasteiger partial charge in [-0.2, -0.15) is 0 Å². The van der Waals surface area contributed by atoms with Crippen LogP contribution in [-0.2, 0) is 0 Å². The van der Waals surface area contributed by atoms with E-state index in [4.69, 9.17) is 0 Å². The van der Waals surface area contributed by atoms with Crippen LogP contribution in [0.2, 0.25) is 0 Å². The fourth-order valence-electron chi connectivity index (χ4n) is 4.15. The van der Waals surface area contributed by atoms with Gasteiger partial charge in [-0.15, -0.1) is 0 Å². The van der Waals surface area contributed by atoms with Crippen molar-refractivity contribution in [2.45, 2.75) is 57.1 Å². The lowest BCUT2D eigenvalue weighted by molar-refractivity contribution is 0.124. The zero-order valence-electron chi connectivity index (χ0n) is 12.7. The molecule has 1 aliphatic heterocycles. The van der Waals surface area contributed by atoms with Gasteiger partial charge in [-0.1, -0.05) is 25.0 Å². The molecule has 0 spiro atoms. The summed E-state index contributed by atoms with van der Waals surface area (Å²) in [6, 6.07) is 6.98. The second kappa shape index (κ2) is 6.89. The van der Waals surface area contributed by atoms with Crippen LogP contribution in [0.15, 0.2) is 24.3 Å². The molecule has 0 radical (unpaired) electrons. The molecule has 3 heteroatoms. The third-order valence-electron chi connectivity index (χ3n) is 5.30. The van der Waals surface area contributed by atoms with Gasteiger partial charge in [0.25, 0.3) is 0 Å². The van der Waals surface area contributed by atoms with Gasteiger partial charge in [-0.05, 0) is 62.3 Å². The molecule has 2 aliphatic rings. The Morgan fingerprint density at radius 3 is 2.52 bits per heavy atom. The van der Waals surface area contributed by atoms with Crippen molar-refractivity contribution in [3.05, 3.63) is 35.6 Å². The molecule has 0 amide bonds. The Hall–Kier alpha value is -0.930. The Morgan fingerprint density at radius 2 is 1.81 bits per heavy atom. The van der Waals surface area contributed by atoms with E-state index in [1.54, 1.807) is 12.1 Å². The maximum Gasteiger partial charge on any atom is 0.123 e. The maximum atomic E-state index is 12.9. The molecule has 0 bridgehead atoms. The summed E-state index contributed by atoms with van der Waals surface area (Å²) in [5, 5.41) is 10.3. The second-order valence-electron chi connectivity index (χ2n) is 6.65. The number of benzene rings is 1. The van der Waals surface area contributed by atoms with Crippen molar-refractivity contribution in [2.75, 3.05) is 13.1 Å². The van der Waals surface area contributed by atoms with Crippen molar-refractivity contribution in [1.82, 2.24) is 4.90 Å². The van der Waals surface area contributed by atoms with Crippen molar-refractivity contribution in [3.8, 4) is 0 Å². The number of nitrogens with zero attached hydrogens (tertiary/aromatic N) is 1. The monoisotopic (exact) mass is 291 g/mol. The van der Waals surface area contributed by atoms with E-state index in [-0.39, 0.29) is 5.82 Å². The summed E-state index contributed by atoms with van der Waals surface area (Å²) in [6.07, 6.45) is 8.47. The van der Waals surface area contributed by atoms with Gasteiger partial charge in [0.05, 0.1) is 6.10 Å². The van der Waals surface area contributed by atoms with Crippen LogP contribution in [0, 0.1) is 11.7 Å². The van der Waals surface area contributed by atoms with Crippen LogP contribution in [0.3, 0.4) is 0 Å². The molecule has 1 saturated carbocycles. The molecule has 3 rings (SSSR count). The van der Waals surface area contributed by atoms with Gasteiger partial charge < -0.3 is 10.0 Å². The van der Waals surface area contributed by atoms with E-state index in [0.717, 1.165) is 30.5 Å². The molecular weight excluding hydrogens is 265 g/mol. The average Bonchev–Trinajstić information content (AvgIpc) is 3.16. The first kappa shape index (κ1) is 15.0. The molecule has 2 atom stereocenters. The second-order valence-corrected chi connectivity index (χ2v) is 6.65. The SMILES string of the molecule is OC(CCN1CCCC1C1CCCC1)c1ccc(F)cc1. The molecule has 1 N–H and O–H groups in total. The number of hydrogen-bond donors (Lipinski definition) is 1. The van der Waals surface area contributed by atoms with E-state index in [9.17, 15) is 9.50 Å². The molecule has 2 unspecified atom stereocenters. The molecule has 2 fully saturated rings. The van der Waals surface area contributed by atoms with Crippen molar-refractivity contribution in [3.63, 3.8) is 0 Å². The Bertz CT molecular complexity index is 441. The summed E-state index contributed by atoms with van der Waals surface area (Å²) in [7, 11) is 0. The van der Waals surface area contributed by atoms with Crippen LogP contribution in [0.1, 0.15) is 56.6 Å². The quantitative estimate of drug-likeness (QED) is 0.889. The number of hydrogen-bond acceptors (Lipinski definition) is 2. The Balaban J connectivity index is 1.52. The third-order valence-corrected chi connectivity index (χ3v) is 5.30. The Morgan fingerprint density at radius 1 is 1.10 bits per heavy atom. The van der Waals surface area contributed by atoms with Gasteiger partial charge in [-0.3, -0.25) is 0 Å². The summed E-state index contributed by atoms with van der Waals surface area (Å²) in [5.41, 5.74) is 0.827. The summed E-state index contributed by atoms with van der Waals surface area (Å²) in [6.45, 7) is 2.14. The van der Waals surface area contributed by atoms with Crippen molar-refractivity contribution < 1.29 is 9.50 Å². The van der Waals surface area contributed by atoms with Gasteiger partial charge in [0.2, 0.25) is 0 Å². The molecule has 0 aromatic heterocycles. The minimum absolute atomic E-state index is 0.244. The maximum absolute atomic E-state index is 12.9. The molecule has 1 aromatic rings. The highest BCUT2D eigenvalue weighted by Crippen LogP contribution is 2.35. The van der Waals surface area contributed by atoms with Crippen molar-refractivity contribution in [1.29, 1.82) is 0 Å². The predicted octanol–water partition coefficient (Wildman–Crippen LogP) is 3.90. The van der Waals surface area contributed by atoms with E-state index in [1.807, 2.05) is 0 Å². The van der Waals surface area contributed by atoms with E-state index in [0.29, 0.717) is 0 Å². The van der Waals surface area contributed by atoms with Gasteiger partial charge in [-0.25, -0.2) is 4.39 Å². The Kier molecular flexibility index (Phi) is 4.91. The lowest BCUT2D eigenvalue weighted by Gasteiger charge is -2.30. The van der Waals surface area contributed by atoms with Crippen molar-refractivity contribution >= 4 is 0 Å². The number of likely N-dealkylation sites (tertiary alicyclic amines) is 1. The fraction of sp³-hybridized carbons (Fsp3) is 0.667. The van der Waals surface area contributed by atoms with Crippen LogP contribution in [0.25, 0.3) is 0 Å². The standard InChI is InChI=1S/C18H26FNO/c19-16-9-7-15(8-10-16)18(21)11-13-20-12-3-6-17(20)14-4-1-2-5-14/h7-10,14,17-18,21H,1-6,11-13H2. The van der Waals surface area contributed by atoms with Crippen LogP contribution in [0.4, 0.5) is 4.39 Å². The average molecular weight is 291 g/mol. The van der Waals surface area contributed by atoms with Crippen LogP contribution in [0.5, 0.6) is 0 Å². The Labute approximate surface area is 127 Å². The number of rotatable bonds is 5. The molecule has 21 heavy (non-hydrogen) atoms. The van der Waals surface area contributed by atoms with Crippen LogP contribution in [-0.4, -0.2) is 29.1 Å². The zero-order chi connectivity index (χ0) is 14.7. The van der Waals surface area contributed by atoms with Crippen LogP contribution >= 0.6 is 0 Å². The molecule has 1 aromatic carbocycles. The zero-order valence-corrected chi connectivity index (χ0v) is 12.7. The minimum Gasteiger partial charge on any atom is -0.388 e. The summed E-state index contributed by atoms with van der Waals surface area (Å²) < 4.78 is 12.9. The van der Waals surface area contributed by atoms with Crippen LogP contribution < -0.4 is 0 Å². The molecule has 1 aliphatic carbocycles. The molecular formula is C18H26FNO. The summed E-state index contributed by atoms with van der Waals surface area (Å²) in [5.74, 6) is 0.641. The van der Waals surface area contributed by atoms with Gasteiger partial charge in [0, 0.05) is 12.6 Å². The first-order valence-corrected chi connectivity index (χ1v) is 8.41. The number of aliphatic hydroxyl groups excluding tert-OH is 1. The third kappa shape index (κ3) is 3.64. The summed E-state index contributed by atoms with van der Waals surface area (Å²) in [4.78, 5) is 2.59. The first-order valence-electron chi connectivity index (χ1n) is 8.41. The fourth-order valence-corrected chi connectivity index (χ4v) is 4.15. The van der Waals surface area contributed by atoms with E-state index in [2.05, 4.69) is 4.90 Å². The van der Waals surface area contributed by atoms with E-state index < -0.39 is 6.10 Å². The normalized spacial score (nSPS) is 25.5. The number of aliphatic hydroxyl groups is 1. The highest BCUT2D eigenvalue weighted by Gasteiger charge is 2.33. The largest absolute Gasteiger partial charge is 0.388 e. The summed E-state index contributed by atoms with van der Waals surface area (Å²) >= 11 is 0. The molecule has 116 valence electrons. The van der Waals surface area contributed by atoms with Gasteiger partial charge in [0.15, 0.2) is 0 Å². The highest BCUT2D eigenvalue weighted by molar-refractivity contribution is 5.18. The smallest absolute Gasteiger partial charge is 0.123 e. The van der Waals surface area contributed by atoms with Gasteiger partial charge >= 0.3 is 0 Å². The minimum atomic E-state index is -0.476. The molecule has 1 heterocycles. The topological polar surface area (TPSA) is 23.5 Å². The molecule has 2 nitrogen and oxygen atoms in total. The first-order chi connectivity index (χ1) is 10.2. The predicted molar refractivity (Wildman–Crippen MR) is 82.5 cm³/mol. The molecule has 1 saturated heterocycles. The number of halogens is 1. The lowest BCUT2D eigenvalue weighted by atomic mass is 9.95. The van der Waals surface area contributed by atoms with E-state index in [1.165, 1.54) is 57.2 Å². The highest BCUT2D eigenvalue weighted by atomic mass is 19.1.